The molecule has 0 atom stereocenters. The van der Waals surface area contributed by atoms with Gasteiger partial charge in [0, 0.05) is 13.0 Å². The maximum atomic E-state index is 11.7. The first-order valence-corrected chi connectivity index (χ1v) is 17.8. The molecule has 0 fully saturated rings. The van der Waals surface area contributed by atoms with E-state index in [1.54, 1.807) is 0 Å². The molecule has 0 unspecified atom stereocenters. The molecule has 0 saturated heterocycles. The smallest absolute Gasteiger partial charge is 0.305 e. The van der Waals surface area contributed by atoms with Crippen LogP contribution in [0.1, 0.15) is 65.2 Å². The van der Waals surface area contributed by atoms with Crippen molar-refractivity contribution in [2.75, 3.05) is 152 Å². The quantitative estimate of drug-likeness (QED) is 0.0683. The first-order valence-electron chi connectivity index (χ1n) is 17.8. The summed E-state index contributed by atoms with van der Waals surface area (Å²) in [5, 5.41) is 0. The van der Waals surface area contributed by atoms with Gasteiger partial charge in [0.15, 0.2) is 0 Å². The van der Waals surface area contributed by atoms with Crippen molar-refractivity contribution in [3.63, 3.8) is 0 Å². The molecule has 282 valence electrons. The van der Waals surface area contributed by atoms with Crippen molar-refractivity contribution in [1.82, 2.24) is 0 Å². The van der Waals surface area contributed by atoms with Gasteiger partial charge in [-0.2, -0.15) is 0 Å². The highest BCUT2D eigenvalue weighted by Crippen LogP contribution is 2.08. The second-order valence-electron chi connectivity index (χ2n) is 10.4. The summed E-state index contributed by atoms with van der Waals surface area (Å²) in [6.45, 7) is 15.9. The summed E-state index contributed by atoms with van der Waals surface area (Å²) in [7, 11) is 0. The van der Waals surface area contributed by atoms with Gasteiger partial charge in [-0.05, 0) is 13.3 Å². The zero-order chi connectivity index (χ0) is 34.0. The molecule has 47 heavy (non-hydrogen) atoms. The van der Waals surface area contributed by atoms with Gasteiger partial charge in [-0.15, -0.1) is 0 Å². The lowest BCUT2D eigenvalue weighted by Crippen LogP contribution is -2.15. The van der Waals surface area contributed by atoms with Gasteiger partial charge in [-0.3, -0.25) is 4.79 Å². The molecule has 0 N–H and O–H groups in total. The lowest BCUT2D eigenvalue weighted by molar-refractivity contribution is -0.145. The molecule has 0 rings (SSSR count). The number of carbonyl (C=O) groups excluding carboxylic acids is 1. The SMILES string of the molecule is CCCCCCCCCC(=O)OCCOCCOCCOCCOCCOCCOCCOCCOCCOCCOCCOCC. The fourth-order valence-electron chi connectivity index (χ4n) is 3.86. The van der Waals surface area contributed by atoms with E-state index in [1.165, 1.54) is 32.1 Å². The van der Waals surface area contributed by atoms with Crippen LogP contribution in [-0.4, -0.2) is 158 Å². The van der Waals surface area contributed by atoms with Gasteiger partial charge >= 0.3 is 5.97 Å². The lowest BCUT2D eigenvalue weighted by atomic mass is 10.1. The van der Waals surface area contributed by atoms with Gasteiger partial charge in [0.2, 0.25) is 0 Å². The highest BCUT2D eigenvalue weighted by Gasteiger charge is 2.03. The Morgan fingerprint density at radius 3 is 0.872 bits per heavy atom. The largest absolute Gasteiger partial charge is 0.463 e. The fourth-order valence-corrected chi connectivity index (χ4v) is 3.86. The van der Waals surface area contributed by atoms with Crippen molar-refractivity contribution in [2.45, 2.75) is 65.2 Å². The number of carbonyl (C=O) groups is 1. The van der Waals surface area contributed by atoms with Crippen LogP contribution in [-0.2, 0) is 61.6 Å². The van der Waals surface area contributed by atoms with Crippen molar-refractivity contribution in [2.24, 2.45) is 0 Å². The van der Waals surface area contributed by atoms with Crippen LogP contribution in [0.5, 0.6) is 0 Å². The van der Waals surface area contributed by atoms with Gasteiger partial charge in [0.25, 0.3) is 0 Å². The Kier molecular flexibility index (Phi) is 42.2. The van der Waals surface area contributed by atoms with Crippen molar-refractivity contribution >= 4 is 5.97 Å². The minimum Gasteiger partial charge on any atom is -0.463 e. The highest BCUT2D eigenvalue weighted by atomic mass is 16.6. The second kappa shape index (κ2) is 43.1. The van der Waals surface area contributed by atoms with E-state index in [0.717, 1.165) is 12.8 Å². The van der Waals surface area contributed by atoms with Gasteiger partial charge < -0.3 is 56.8 Å². The maximum absolute atomic E-state index is 11.7. The molecule has 13 nitrogen and oxygen atoms in total. The van der Waals surface area contributed by atoms with Crippen LogP contribution in [0.3, 0.4) is 0 Å². The van der Waals surface area contributed by atoms with E-state index in [9.17, 15) is 4.79 Å². The summed E-state index contributed by atoms with van der Waals surface area (Å²) in [6, 6.07) is 0. The van der Waals surface area contributed by atoms with Gasteiger partial charge in [0.05, 0.1) is 139 Å². The third kappa shape index (κ3) is 43.0. The third-order valence-corrected chi connectivity index (χ3v) is 6.40. The van der Waals surface area contributed by atoms with Crippen molar-refractivity contribution in [3.05, 3.63) is 0 Å². The van der Waals surface area contributed by atoms with Crippen LogP contribution in [0, 0.1) is 0 Å². The van der Waals surface area contributed by atoms with Gasteiger partial charge in [0.1, 0.15) is 6.61 Å². The molecule has 0 bridgehead atoms. The monoisotopic (exact) mass is 684 g/mol. The van der Waals surface area contributed by atoms with Crippen molar-refractivity contribution in [1.29, 1.82) is 0 Å². The average Bonchev–Trinajstić information content (AvgIpc) is 3.08. The number of unbranched alkanes of at least 4 members (excludes halogenated alkanes) is 6. The van der Waals surface area contributed by atoms with E-state index in [-0.39, 0.29) is 12.6 Å². The molecule has 0 saturated carbocycles. The minimum absolute atomic E-state index is 0.140. The first kappa shape index (κ1) is 46.0. The number of ether oxygens (including phenoxy) is 12. The normalized spacial score (nSPS) is 11.4. The van der Waals surface area contributed by atoms with E-state index in [0.29, 0.717) is 152 Å². The summed E-state index contributed by atoms with van der Waals surface area (Å²) in [5.41, 5.74) is 0. The van der Waals surface area contributed by atoms with Crippen LogP contribution in [0.15, 0.2) is 0 Å². The summed E-state index contributed by atoms with van der Waals surface area (Å²) < 4.78 is 64.9. The molecule has 0 aromatic heterocycles. The second-order valence-corrected chi connectivity index (χ2v) is 10.4. The molecule has 0 spiro atoms. The Morgan fingerprint density at radius 2 is 0.574 bits per heavy atom. The molecule has 0 aromatic carbocycles. The zero-order valence-electron chi connectivity index (χ0n) is 29.7. The molecule has 0 aliphatic carbocycles. The summed E-state index contributed by atoms with van der Waals surface area (Å²) in [4.78, 5) is 11.7. The topological polar surface area (TPSA) is 128 Å². The molecule has 0 aliphatic heterocycles. The maximum Gasteiger partial charge on any atom is 0.305 e. The Bertz CT molecular complexity index is 586. The van der Waals surface area contributed by atoms with Crippen LogP contribution < -0.4 is 0 Å². The minimum atomic E-state index is -0.140. The Balaban J connectivity index is 3.09. The number of hydrogen-bond donors (Lipinski definition) is 0. The third-order valence-electron chi connectivity index (χ3n) is 6.40. The predicted octanol–water partition coefficient (Wildman–Crippen LogP) is 3.87. The molecule has 0 aromatic rings. The van der Waals surface area contributed by atoms with Gasteiger partial charge in [-0.25, -0.2) is 0 Å². The fraction of sp³-hybridized carbons (Fsp3) is 0.971. The molecule has 0 radical (unpaired) electrons. The van der Waals surface area contributed by atoms with E-state index in [1.807, 2.05) is 6.92 Å². The predicted molar refractivity (Wildman–Crippen MR) is 178 cm³/mol. The standard InChI is InChI=1S/C34H68O13/c1-3-5-6-7-8-9-10-11-34(35)47-33-32-46-31-30-45-29-28-44-27-26-43-25-24-42-23-22-41-21-20-40-19-18-39-17-16-38-15-14-37-13-12-36-4-2/h3-33H2,1-2H3. The average molecular weight is 685 g/mol. The lowest BCUT2D eigenvalue weighted by Gasteiger charge is -2.09. The molecule has 13 heteroatoms. The summed E-state index contributed by atoms with van der Waals surface area (Å²) in [6.07, 6.45) is 8.80. The molecular formula is C34H68O13. The summed E-state index contributed by atoms with van der Waals surface area (Å²) >= 11 is 0. The molecule has 0 amide bonds. The van der Waals surface area contributed by atoms with Crippen LogP contribution in [0.2, 0.25) is 0 Å². The number of rotatable bonds is 42. The van der Waals surface area contributed by atoms with E-state index >= 15 is 0 Å². The number of esters is 1. The van der Waals surface area contributed by atoms with Gasteiger partial charge in [-0.1, -0.05) is 45.4 Å². The Hall–Kier alpha value is -0.970. The molecule has 0 aliphatic rings. The number of hydrogen-bond acceptors (Lipinski definition) is 13. The highest BCUT2D eigenvalue weighted by molar-refractivity contribution is 5.69. The van der Waals surface area contributed by atoms with Crippen molar-refractivity contribution in [3.8, 4) is 0 Å². The van der Waals surface area contributed by atoms with Crippen molar-refractivity contribution < 1.29 is 61.6 Å². The molecular weight excluding hydrogens is 616 g/mol. The first-order chi connectivity index (χ1) is 23.3. The van der Waals surface area contributed by atoms with Crippen LogP contribution in [0.4, 0.5) is 0 Å². The van der Waals surface area contributed by atoms with Crippen LogP contribution in [0.25, 0.3) is 0 Å². The van der Waals surface area contributed by atoms with E-state index < -0.39 is 0 Å². The Morgan fingerprint density at radius 1 is 0.319 bits per heavy atom. The van der Waals surface area contributed by atoms with E-state index in [4.69, 9.17) is 56.8 Å². The Labute approximate surface area is 284 Å². The molecule has 0 heterocycles. The zero-order valence-corrected chi connectivity index (χ0v) is 29.7. The van der Waals surface area contributed by atoms with Crippen LogP contribution >= 0.6 is 0 Å². The summed E-state index contributed by atoms with van der Waals surface area (Å²) in [5.74, 6) is -0.140. The van der Waals surface area contributed by atoms with E-state index in [2.05, 4.69) is 6.92 Å².